The molecule has 1 aliphatic rings. The highest BCUT2D eigenvalue weighted by Gasteiger charge is 2.23. The van der Waals surface area contributed by atoms with E-state index in [0.717, 1.165) is 46.9 Å². The van der Waals surface area contributed by atoms with E-state index in [1.807, 2.05) is 39.3 Å². The molecule has 0 radical (unpaired) electrons. The van der Waals surface area contributed by atoms with Gasteiger partial charge in [-0.2, -0.15) is 5.10 Å². The van der Waals surface area contributed by atoms with E-state index in [9.17, 15) is 5.11 Å². The van der Waals surface area contributed by atoms with Gasteiger partial charge in [-0.05, 0) is 57.1 Å². The van der Waals surface area contributed by atoms with Crippen molar-refractivity contribution in [1.82, 2.24) is 20.1 Å². The fraction of sp³-hybridized carbons (Fsp3) is 0.333. The Hall–Kier alpha value is -2.83. The molecule has 1 aliphatic heterocycles. The van der Waals surface area contributed by atoms with Gasteiger partial charge in [-0.3, -0.25) is 4.68 Å². The molecule has 0 bridgehead atoms. The van der Waals surface area contributed by atoms with E-state index in [1.54, 1.807) is 4.68 Å². The first kappa shape index (κ1) is 20.1. The summed E-state index contributed by atoms with van der Waals surface area (Å²) in [6.45, 7) is 6.01. The molecule has 4 aromatic rings. The van der Waals surface area contributed by atoms with E-state index in [0.29, 0.717) is 22.3 Å². The molecule has 31 heavy (non-hydrogen) atoms. The Morgan fingerprint density at radius 3 is 2.74 bits per heavy atom. The van der Waals surface area contributed by atoms with Gasteiger partial charge in [-0.25, -0.2) is 4.98 Å². The first-order chi connectivity index (χ1) is 14.9. The maximum atomic E-state index is 10.9. The van der Waals surface area contributed by atoms with Gasteiger partial charge in [0.25, 0.3) is 0 Å². The second-order valence-electron chi connectivity index (χ2n) is 8.50. The van der Waals surface area contributed by atoms with Gasteiger partial charge in [0.05, 0.1) is 21.7 Å². The van der Waals surface area contributed by atoms with Crippen molar-refractivity contribution < 1.29 is 5.11 Å². The van der Waals surface area contributed by atoms with Crippen LogP contribution < -0.4 is 10.2 Å². The van der Waals surface area contributed by atoms with Gasteiger partial charge in [0.1, 0.15) is 5.75 Å². The molecule has 5 rings (SSSR count). The Kier molecular flexibility index (Phi) is 4.79. The minimum absolute atomic E-state index is 0.192. The summed E-state index contributed by atoms with van der Waals surface area (Å²) in [5, 5.41) is 21.2. The van der Waals surface area contributed by atoms with Crippen molar-refractivity contribution >= 4 is 39.1 Å². The zero-order valence-electron chi connectivity index (χ0n) is 18.2. The molecule has 7 heteroatoms. The van der Waals surface area contributed by atoms with Gasteiger partial charge >= 0.3 is 0 Å². The van der Waals surface area contributed by atoms with Gasteiger partial charge in [-0.1, -0.05) is 11.6 Å². The van der Waals surface area contributed by atoms with Gasteiger partial charge in [0.2, 0.25) is 0 Å². The highest BCUT2D eigenvalue weighted by molar-refractivity contribution is 6.35. The first-order valence-electron chi connectivity index (χ1n) is 10.5. The van der Waals surface area contributed by atoms with Crippen molar-refractivity contribution in [3.63, 3.8) is 0 Å². The van der Waals surface area contributed by atoms with Gasteiger partial charge in [0, 0.05) is 60.0 Å². The summed E-state index contributed by atoms with van der Waals surface area (Å²) in [5.74, 6) is 0.192. The Morgan fingerprint density at radius 2 is 2.00 bits per heavy atom. The molecule has 1 fully saturated rings. The Labute approximate surface area is 186 Å². The number of anilines is 1. The highest BCUT2D eigenvalue weighted by Crippen LogP contribution is 2.39. The monoisotopic (exact) mass is 435 g/mol. The number of nitrogens with one attached hydrogen (secondary N) is 1. The summed E-state index contributed by atoms with van der Waals surface area (Å²) in [4.78, 5) is 7.29. The van der Waals surface area contributed by atoms with Crippen molar-refractivity contribution in [2.45, 2.75) is 26.3 Å². The van der Waals surface area contributed by atoms with Crippen molar-refractivity contribution in [2.75, 3.05) is 25.0 Å². The number of rotatable bonds is 3. The maximum absolute atomic E-state index is 10.9. The van der Waals surface area contributed by atoms with Crippen LogP contribution >= 0.6 is 11.6 Å². The Bertz CT molecular complexity index is 1330. The summed E-state index contributed by atoms with van der Waals surface area (Å²) in [6, 6.07) is 8.54. The number of phenols is 1. The zero-order chi connectivity index (χ0) is 21.9. The Balaban J connectivity index is 1.63. The normalized spacial score (nSPS) is 16.7. The number of pyridine rings is 1. The number of aryl methyl sites for hydroxylation is 3. The number of aromatic hydroxyl groups is 1. The summed E-state index contributed by atoms with van der Waals surface area (Å²) < 4.78 is 1.75. The van der Waals surface area contributed by atoms with Crippen LogP contribution in [-0.2, 0) is 7.05 Å². The molecule has 1 saturated heterocycles. The van der Waals surface area contributed by atoms with Crippen LogP contribution in [0.15, 0.2) is 30.5 Å². The summed E-state index contributed by atoms with van der Waals surface area (Å²) in [6.07, 6.45) is 3.08. The summed E-state index contributed by atoms with van der Waals surface area (Å²) >= 11 is 6.74. The molecule has 2 aromatic carbocycles. The minimum Gasteiger partial charge on any atom is -0.507 e. The van der Waals surface area contributed by atoms with E-state index in [2.05, 4.69) is 34.4 Å². The van der Waals surface area contributed by atoms with E-state index in [-0.39, 0.29) is 5.75 Å². The minimum atomic E-state index is 0.192. The predicted octanol–water partition coefficient (Wildman–Crippen LogP) is 4.56. The molecule has 0 amide bonds. The molecule has 0 spiro atoms. The van der Waals surface area contributed by atoms with E-state index >= 15 is 0 Å². The van der Waals surface area contributed by atoms with Crippen LogP contribution in [0.25, 0.3) is 33.1 Å². The molecule has 2 aromatic heterocycles. The molecule has 0 saturated carbocycles. The van der Waals surface area contributed by atoms with Gasteiger partial charge < -0.3 is 15.3 Å². The lowest BCUT2D eigenvalue weighted by Crippen LogP contribution is -2.29. The fourth-order valence-electron chi connectivity index (χ4n) is 4.66. The molecule has 1 atom stereocenters. The fourth-order valence-corrected chi connectivity index (χ4v) is 4.91. The number of aromatic nitrogens is 3. The molecule has 6 nitrogen and oxygen atoms in total. The third kappa shape index (κ3) is 3.30. The van der Waals surface area contributed by atoms with Crippen LogP contribution in [0.4, 0.5) is 5.69 Å². The number of halogens is 1. The Morgan fingerprint density at radius 1 is 1.19 bits per heavy atom. The molecular formula is C24H26ClN5O. The van der Waals surface area contributed by atoms with Gasteiger partial charge in [0.15, 0.2) is 0 Å². The highest BCUT2D eigenvalue weighted by atomic mass is 35.5. The van der Waals surface area contributed by atoms with Crippen molar-refractivity contribution in [1.29, 1.82) is 0 Å². The molecular weight excluding hydrogens is 410 g/mol. The number of likely N-dealkylation sites (N-methyl/N-ethyl adjacent to an activating group) is 1. The number of phenolic OH excluding ortho intramolecular Hbond substituents is 1. The molecule has 3 heterocycles. The number of hydrogen-bond donors (Lipinski definition) is 2. The average molecular weight is 436 g/mol. The summed E-state index contributed by atoms with van der Waals surface area (Å²) in [7, 11) is 3.89. The molecule has 2 N–H and O–H groups in total. The van der Waals surface area contributed by atoms with Crippen LogP contribution in [0.5, 0.6) is 5.75 Å². The van der Waals surface area contributed by atoms with Crippen molar-refractivity contribution in [3.05, 3.63) is 46.6 Å². The van der Waals surface area contributed by atoms with Gasteiger partial charge in [-0.15, -0.1) is 0 Å². The second-order valence-corrected chi connectivity index (χ2v) is 8.91. The van der Waals surface area contributed by atoms with Crippen LogP contribution in [-0.4, -0.2) is 46.1 Å². The van der Waals surface area contributed by atoms with Crippen molar-refractivity contribution in [2.24, 2.45) is 7.05 Å². The lowest BCUT2D eigenvalue weighted by molar-refractivity contribution is 0.474. The third-order valence-electron chi connectivity index (χ3n) is 6.41. The standard InChI is InChI=1S/C24H26ClN5O/c1-13-7-20-17(9-22(13)30-6-5-16(12-30)26-3)19(25)10-21(27-20)18-8-15-11-29(4)28-23(15)14(2)24(18)31/h7-11,16,26,31H,5-6,12H2,1-4H3. The number of hydrogen-bond acceptors (Lipinski definition) is 5. The van der Waals surface area contributed by atoms with E-state index < -0.39 is 0 Å². The van der Waals surface area contributed by atoms with E-state index in [1.165, 1.54) is 11.3 Å². The SMILES string of the molecule is CNC1CCN(c2cc3c(Cl)cc(-c4cc5cn(C)nc5c(C)c4O)nc3cc2C)C1. The van der Waals surface area contributed by atoms with Crippen LogP contribution in [0.1, 0.15) is 17.5 Å². The maximum Gasteiger partial charge on any atom is 0.130 e. The molecule has 1 unspecified atom stereocenters. The average Bonchev–Trinajstić information content (AvgIpc) is 3.36. The van der Waals surface area contributed by atoms with Crippen LogP contribution in [0, 0.1) is 13.8 Å². The lowest BCUT2D eigenvalue weighted by Gasteiger charge is -2.22. The van der Waals surface area contributed by atoms with Crippen LogP contribution in [0.3, 0.4) is 0 Å². The molecule has 160 valence electrons. The number of fused-ring (bicyclic) bond motifs is 2. The predicted molar refractivity (Wildman–Crippen MR) is 127 cm³/mol. The third-order valence-corrected chi connectivity index (χ3v) is 6.72. The lowest BCUT2D eigenvalue weighted by atomic mass is 10.0. The quantitative estimate of drug-likeness (QED) is 0.493. The van der Waals surface area contributed by atoms with Crippen LogP contribution in [0.2, 0.25) is 5.02 Å². The zero-order valence-corrected chi connectivity index (χ0v) is 19.0. The summed E-state index contributed by atoms with van der Waals surface area (Å²) in [5.41, 5.74) is 6.07. The van der Waals surface area contributed by atoms with E-state index in [4.69, 9.17) is 16.6 Å². The second kappa shape index (κ2) is 7.39. The number of nitrogens with zero attached hydrogens (tertiary/aromatic N) is 4. The largest absolute Gasteiger partial charge is 0.507 e. The number of benzene rings is 2. The topological polar surface area (TPSA) is 66.2 Å². The molecule has 0 aliphatic carbocycles. The smallest absolute Gasteiger partial charge is 0.130 e. The first-order valence-corrected chi connectivity index (χ1v) is 10.9. The van der Waals surface area contributed by atoms with Crippen molar-refractivity contribution in [3.8, 4) is 17.0 Å².